The molecular formula is C64H78Cl2N4O10S2. The van der Waals surface area contributed by atoms with Crippen molar-refractivity contribution in [3.05, 3.63) is 116 Å². The first-order chi connectivity index (χ1) is 39.1. The monoisotopic (exact) mass is 1200 g/mol. The number of aryl methyl sites for hydroxylation is 2. The summed E-state index contributed by atoms with van der Waals surface area (Å²) in [7, 11) is -7.75. The number of amides is 2. The third-order valence-electron chi connectivity index (χ3n) is 19.9. The zero-order valence-electron chi connectivity index (χ0n) is 47.7. The van der Waals surface area contributed by atoms with Crippen molar-refractivity contribution in [3.8, 4) is 11.5 Å². The summed E-state index contributed by atoms with van der Waals surface area (Å²) in [6.07, 6.45) is 12.6. The number of halogens is 2. The van der Waals surface area contributed by atoms with E-state index < -0.39 is 42.4 Å². The quantitative estimate of drug-likeness (QED) is 0.170. The summed E-state index contributed by atoms with van der Waals surface area (Å²) in [6, 6.07) is 22.7. The SMILES string of the molecule is C[C@@H]1CC[C@@H](C)S(=O)(=O)NC(=O)c2ccc3c(c2)N(C[C@@H]2CC[C@H]2C(=O)C1)C[C@@]1(CCCc2cc(Cl)ccc21)CO3.C[C@H]1CC[C@@H](C)S(=O)(=O)NC(=O)c2ccc3c(c2)N(C[C@@H]2CC[C@H]2C(=O)C1)C[C@@]1(CCCc2cc(Cl)ccc21)CO3. The number of fused-ring (bicyclic) bond motifs is 8. The average Bonchev–Trinajstić information content (AvgIpc) is 2.63. The van der Waals surface area contributed by atoms with Crippen molar-refractivity contribution < 1.29 is 45.5 Å². The molecule has 0 unspecified atom stereocenters. The molecule has 4 bridgehead atoms. The van der Waals surface area contributed by atoms with Crippen molar-refractivity contribution >= 4 is 78.0 Å². The molecule has 0 saturated heterocycles. The Kier molecular flexibility index (Phi) is 16.7. The topological polar surface area (TPSA) is 186 Å². The van der Waals surface area contributed by atoms with Crippen LogP contribution in [0.15, 0.2) is 72.8 Å². The van der Waals surface area contributed by atoms with Gasteiger partial charge in [-0.15, -0.1) is 0 Å². The minimum absolute atomic E-state index is 0.0130. The van der Waals surface area contributed by atoms with Crippen molar-refractivity contribution in [3.63, 3.8) is 0 Å². The van der Waals surface area contributed by atoms with Crippen molar-refractivity contribution in [2.75, 3.05) is 49.2 Å². The number of nitrogens with one attached hydrogen (secondary N) is 2. The predicted octanol–water partition coefficient (Wildman–Crippen LogP) is 11.4. The van der Waals surface area contributed by atoms with E-state index in [9.17, 15) is 36.0 Å². The highest BCUT2D eigenvalue weighted by molar-refractivity contribution is 7.91. The fraction of sp³-hybridized carbons (Fsp3) is 0.562. The molecule has 18 heteroatoms. The Balaban J connectivity index is 0.000000172. The maximum Gasteiger partial charge on any atom is 0.264 e. The van der Waals surface area contributed by atoms with Gasteiger partial charge < -0.3 is 19.3 Å². The van der Waals surface area contributed by atoms with Gasteiger partial charge in [0.1, 0.15) is 23.1 Å². The molecule has 2 spiro atoms. The number of hydrogen-bond donors (Lipinski definition) is 2. The molecule has 14 nitrogen and oxygen atoms in total. The lowest BCUT2D eigenvalue weighted by Crippen LogP contribution is -2.49. The molecule has 4 aliphatic carbocycles. The van der Waals surface area contributed by atoms with E-state index in [1.165, 1.54) is 22.3 Å². The normalized spacial score (nSPS) is 31.6. The van der Waals surface area contributed by atoms with Crippen molar-refractivity contribution in [1.29, 1.82) is 0 Å². The number of rotatable bonds is 0. The van der Waals surface area contributed by atoms with Gasteiger partial charge in [-0.2, -0.15) is 0 Å². The number of carbonyl (C=O) groups excluding carboxylic acids is 4. The highest BCUT2D eigenvalue weighted by atomic mass is 35.5. The van der Waals surface area contributed by atoms with Crippen LogP contribution in [0.3, 0.4) is 0 Å². The fourth-order valence-electron chi connectivity index (χ4n) is 14.6. The molecule has 4 heterocycles. The minimum atomic E-state index is -3.87. The van der Waals surface area contributed by atoms with Gasteiger partial charge in [0.2, 0.25) is 20.0 Å². The van der Waals surface area contributed by atoms with Gasteiger partial charge in [0, 0.05) is 82.9 Å². The zero-order valence-corrected chi connectivity index (χ0v) is 50.8. The van der Waals surface area contributed by atoms with Crippen LogP contribution >= 0.6 is 23.2 Å². The van der Waals surface area contributed by atoms with Crippen LogP contribution in [-0.2, 0) is 53.3 Å². The minimum Gasteiger partial charge on any atom is -0.490 e. The lowest BCUT2D eigenvalue weighted by molar-refractivity contribution is -0.129. The molecule has 2 saturated carbocycles. The number of benzene rings is 4. The van der Waals surface area contributed by atoms with E-state index in [4.69, 9.17) is 32.7 Å². The molecule has 440 valence electrons. The maximum atomic E-state index is 13.4. The van der Waals surface area contributed by atoms with E-state index >= 15 is 0 Å². The van der Waals surface area contributed by atoms with E-state index in [0.29, 0.717) is 89.4 Å². The smallest absolute Gasteiger partial charge is 0.264 e. The van der Waals surface area contributed by atoms with Gasteiger partial charge in [-0.05, 0) is 210 Å². The molecule has 2 N–H and O–H groups in total. The summed E-state index contributed by atoms with van der Waals surface area (Å²) < 4.78 is 69.7. The Labute approximate surface area is 494 Å². The first kappa shape index (κ1) is 58.6. The van der Waals surface area contributed by atoms with E-state index in [0.717, 1.165) is 85.6 Å². The van der Waals surface area contributed by atoms with Crippen LogP contribution in [0, 0.1) is 35.5 Å². The summed E-state index contributed by atoms with van der Waals surface area (Å²) in [5.74, 6) is 1.33. The summed E-state index contributed by atoms with van der Waals surface area (Å²) in [5.41, 5.74) is 6.58. The first-order valence-electron chi connectivity index (χ1n) is 29.9. The maximum absolute atomic E-state index is 13.4. The van der Waals surface area contributed by atoms with Crippen molar-refractivity contribution in [2.24, 2.45) is 35.5 Å². The molecule has 12 rings (SSSR count). The van der Waals surface area contributed by atoms with Gasteiger partial charge in [-0.25, -0.2) is 26.3 Å². The molecule has 0 radical (unpaired) electrons. The van der Waals surface area contributed by atoms with Crippen molar-refractivity contribution in [2.45, 2.75) is 152 Å². The molecule has 2 amide bonds. The van der Waals surface area contributed by atoms with Gasteiger partial charge in [0.15, 0.2) is 0 Å². The molecule has 0 aromatic heterocycles. The Morgan fingerprint density at radius 2 is 0.939 bits per heavy atom. The van der Waals surface area contributed by atoms with Gasteiger partial charge in [-0.3, -0.25) is 19.2 Å². The number of nitrogens with zero attached hydrogens (tertiary/aromatic N) is 2. The standard InChI is InChI=1S/2C32H39ClN2O5S/c2*1-20-5-6-21(2)41(38,39)34-31(37)23-8-12-30-28(16-23)35(17-24-7-10-26(24)29(36)14-20)18-32(19-40-30)13-3-4-22-15-25(33)9-11-27(22)32/h2*8-9,11-12,15-16,20-21,24,26H,3-7,10,13-14,17-19H2,1-2H3,(H,34,37)/t20-,21+,24-,26+,32-;20-,21-,24+,26-,32+/m01/s1. The lowest BCUT2D eigenvalue weighted by Gasteiger charge is -2.44. The van der Waals surface area contributed by atoms with Crippen LogP contribution in [0.1, 0.15) is 161 Å². The molecule has 4 aromatic rings. The van der Waals surface area contributed by atoms with Crippen LogP contribution in [0.2, 0.25) is 10.0 Å². The molecule has 8 aliphatic rings. The number of ketones is 2. The highest BCUT2D eigenvalue weighted by Crippen LogP contribution is 2.49. The van der Waals surface area contributed by atoms with Gasteiger partial charge >= 0.3 is 0 Å². The molecular weight excluding hydrogens is 1120 g/mol. The number of carbonyl (C=O) groups is 4. The second kappa shape index (κ2) is 23.4. The largest absolute Gasteiger partial charge is 0.490 e. The predicted molar refractivity (Wildman–Crippen MR) is 321 cm³/mol. The van der Waals surface area contributed by atoms with Crippen LogP contribution < -0.4 is 28.7 Å². The number of Topliss-reactive ketones (excluding diaryl/α,β-unsaturated/α-hetero) is 2. The number of ether oxygens (including phenoxy) is 2. The van der Waals surface area contributed by atoms with Gasteiger partial charge in [-0.1, -0.05) is 49.2 Å². The number of anilines is 2. The van der Waals surface area contributed by atoms with Crippen LogP contribution in [0.25, 0.3) is 0 Å². The van der Waals surface area contributed by atoms with E-state index in [-0.39, 0.29) is 69.0 Å². The second-order valence-electron chi connectivity index (χ2n) is 25.7. The number of hydrogen-bond acceptors (Lipinski definition) is 12. The molecule has 2 fully saturated rings. The number of sulfonamides is 2. The fourth-order valence-corrected chi connectivity index (χ4v) is 17.1. The van der Waals surface area contributed by atoms with Crippen LogP contribution in [0.5, 0.6) is 11.5 Å². The lowest BCUT2D eigenvalue weighted by atomic mass is 9.68. The summed E-state index contributed by atoms with van der Waals surface area (Å²) in [4.78, 5) is 58.0. The van der Waals surface area contributed by atoms with Crippen LogP contribution in [0.4, 0.5) is 11.4 Å². The molecule has 82 heavy (non-hydrogen) atoms. The van der Waals surface area contributed by atoms with Gasteiger partial charge in [0.05, 0.1) is 35.1 Å². The summed E-state index contributed by atoms with van der Waals surface area (Å²) >= 11 is 12.8. The third-order valence-corrected chi connectivity index (χ3v) is 23.9. The molecule has 4 aromatic carbocycles. The Morgan fingerprint density at radius 3 is 1.33 bits per heavy atom. The zero-order chi connectivity index (χ0) is 57.9. The summed E-state index contributed by atoms with van der Waals surface area (Å²) in [5, 5.41) is -0.0234. The van der Waals surface area contributed by atoms with Crippen molar-refractivity contribution in [1.82, 2.24) is 9.44 Å². The van der Waals surface area contributed by atoms with E-state index in [1.54, 1.807) is 50.2 Å². The highest BCUT2D eigenvalue weighted by Gasteiger charge is 2.47. The average molecular weight is 1200 g/mol. The van der Waals surface area contributed by atoms with E-state index in [1.807, 2.05) is 26.0 Å². The van der Waals surface area contributed by atoms with Gasteiger partial charge in [0.25, 0.3) is 11.8 Å². The summed E-state index contributed by atoms with van der Waals surface area (Å²) in [6.45, 7) is 11.0. The Hall–Kier alpha value is -5.16. The first-order valence-corrected chi connectivity index (χ1v) is 33.7. The van der Waals surface area contributed by atoms with E-state index in [2.05, 4.69) is 43.5 Å². The van der Waals surface area contributed by atoms with Crippen LogP contribution in [-0.4, -0.2) is 90.1 Å². The Bertz CT molecular complexity index is 3170. The Morgan fingerprint density at radius 1 is 0.524 bits per heavy atom. The molecule has 4 aliphatic heterocycles. The molecule has 10 atom stereocenters. The second-order valence-corrected chi connectivity index (χ2v) is 30.8. The third kappa shape index (κ3) is 11.9.